The van der Waals surface area contributed by atoms with Crippen molar-refractivity contribution in [2.24, 2.45) is 7.05 Å². The first kappa shape index (κ1) is 15.4. The van der Waals surface area contributed by atoms with Crippen molar-refractivity contribution >= 4 is 11.7 Å². The minimum atomic E-state index is -0.0242. The Morgan fingerprint density at radius 1 is 1.28 bits per heavy atom. The highest BCUT2D eigenvalue weighted by molar-refractivity contribution is 5.94. The lowest BCUT2D eigenvalue weighted by Gasteiger charge is -2.22. The molecule has 1 aliphatic rings. The number of aryl methyl sites for hydroxylation is 1. The van der Waals surface area contributed by atoms with E-state index in [-0.39, 0.29) is 11.8 Å². The SMILES string of the molecule is COc1ccccc1Cn1ncc2c1NC(=O)CC2c1cnn(C)c1. The summed E-state index contributed by atoms with van der Waals surface area (Å²) in [7, 11) is 3.52. The van der Waals surface area contributed by atoms with Crippen LogP contribution in [-0.2, 0) is 18.4 Å². The van der Waals surface area contributed by atoms with E-state index in [0.717, 1.165) is 28.3 Å². The number of amides is 1. The van der Waals surface area contributed by atoms with Gasteiger partial charge in [0.2, 0.25) is 5.91 Å². The molecule has 7 heteroatoms. The highest BCUT2D eigenvalue weighted by Crippen LogP contribution is 2.37. The highest BCUT2D eigenvalue weighted by Gasteiger charge is 2.30. The number of anilines is 1. The first-order valence-electron chi connectivity index (χ1n) is 8.11. The molecule has 1 aliphatic heterocycles. The molecule has 1 atom stereocenters. The van der Waals surface area contributed by atoms with Crippen LogP contribution in [0.3, 0.4) is 0 Å². The number of rotatable bonds is 4. The maximum atomic E-state index is 12.2. The summed E-state index contributed by atoms with van der Waals surface area (Å²) in [5.41, 5.74) is 3.05. The summed E-state index contributed by atoms with van der Waals surface area (Å²) in [6.45, 7) is 0.527. The Balaban J connectivity index is 1.71. The zero-order chi connectivity index (χ0) is 17.4. The van der Waals surface area contributed by atoms with Crippen LogP contribution in [0.1, 0.15) is 29.0 Å². The van der Waals surface area contributed by atoms with Gasteiger partial charge in [-0.3, -0.25) is 9.48 Å². The van der Waals surface area contributed by atoms with Gasteiger partial charge in [-0.2, -0.15) is 10.2 Å². The van der Waals surface area contributed by atoms with Crippen LogP contribution in [-0.4, -0.2) is 32.6 Å². The monoisotopic (exact) mass is 337 g/mol. The number of carbonyl (C=O) groups is 1. The van der Waals surface area contributed by atoms with E-state index in [1.54, 1.807) is 11.8 Å². The summed E-state index contributed by atoms with van der Waals surface area (Å²) >= 11 is 0. The molecule has 1 amide bonds. The molecule has 0 fully saturated rings. The van der Waals surface area contributed by atoms with Crippen LogP contribution in [0.5, 0.6) is 5.75 Å². The molecule has 3 heterocycles. The van der Waals surface area contributed by atoms with E-state index in [4.69, 9.17) is 4.74 Å². The molecule has 2 aromatic heterocycles. The average molecular weight is 337 g/mol. The van der Waals surface area contributed by atoms with E-state index in [1.165, 1.54) is 0 Å². The van der Waals surface area contributed by atoms with Crippen molar-refractivity contribution in [2.75, 3.05) is 12.4 Å². The number of aromatic nitrogens is 4. The van der Waals surface area contributed by atoms with Gasteiger partial charge in [-0.05, 0) is 11.6 Å². The van der Waals surface area contributed by atoms with Crippen molar-refractivity contribution in [1.82, 2.24) is 19.6 Å². The predicted octanol–water partition coefficient (Wildman–Crippen LogP) is 2.15. The highest BCUT2D eigenvalue weighted by atomic mass is 16.5. The van der Waals surface area contributed by atoms with E-state index in [9.17, 15) is 4.79 Å². The molecule has 0 bridgehead atoms. The van der Waals surface area contributed by atoms with E-state index in [2.05, 4.69) is 15.5 Å². The van der Waals surface area contributed by atoms with Crippen molar-refractivity contribution in [2.45, 2.75) is 18.9 Å². The molecule has 1 aromatic carbocycles. The molecule has 0 radical (unpaired) electrons. The number of hydrogen-bond acceptors (Lipinski definition) is 4. The third kappa shape index (κ3) is 2.77. The summed E-state index contributed by atoms with van der Waals surface area (Å²) in [5, 5.41) is 11.7. The Hall–Kier alpha value is -3.09. The second kappa shape index (κ2) is 6.08. The van der Waals surface area contributed by atoms with Gasteiger partial charge >= 0.3 is 0 Å². The molecule has 0 aliphatic carbocycles. The molecular formula is C18H19N5O2. The summed E-state index contributed by atoms with van der Waals surface area (Å²) in [6, 6.07) is 7.81. The Morgan fingerprint density at radius 2 is 2.12 bits per heavy atom. The predicted molar refractivity (Wildman–Crippen MR) is 92.6 cm³/mol. The summed E-state index contributed by atoms with van der Waals surface area (Å²) in [4.78, 5) is 12.2. The number of benzene rings is 1. The molecule has 3 aromatic rings. The van der Waals surface area contributed by atoms with E-state index < -0.39 is 0 Å². The quantitative estimate of drug-likeness (QED) is 0.792. The lowest BCUT2D eigenvalue weighted by Crippen LogP contribution is -2.25. The smallest absolute Gasteiger partial charge is 0.226 e. The zero-order valence-electron chi connectivity index (χ0n) is 14.1. The van der Waals surface area contributed by atoms with Crippen molar-refractivity contribution in [3.05, 3.63) is 59.5 Å². The van der Waals surface area contributed by atoms with Gasteiger partial charge in [0.05, 0.1) is 26.0 Å². The fourth-order valence-electron chi connectivity index (χ4n) is 3.30. The number of nitrogens with one attached hydrogen (secondary N) is 1. The van der Waals surface area contributed by atoms with Gasteiger partial charge in [-0.25, -0.2) is 4.68 Å². The summed E-state index contributed by atoms with van der Waals surface area (Å²) < 4.78 is 8.98. The lowest BCUT2D eigenvalue weighted by atomic mass is 9.89. The standard InChI is InChI=1S/C18H19N5O2/c1-22-10-13(8-19-22)14-7-17(24)21-18-15(14)9-20-23(18)11-12-5-3-4-6-16(12)25-2/h3-6,8-10,14H,7,11H2,1-2H3,(H,21,24). The van der Waals surface area contributed by atoms with Gasteiger partial charge in [0.1, 0.15) is 11.6 Å². The van der Waals surface area contributed by atoms with Crippen LogP contribution in [0.2, 0.25) is 0 Å². The van der Waals surface area contributed by atoms with Crippen molar-refractivity contribution in [1.29, 1.82) is 0 Å². The average Bonchev–Trinajstić information content (AvgIpc) is 3.21. The zero-order valence-corrected chi connectivity index (χ0v) is 14.1. The van der Waals surface area contributed by atoms with Crippen LogP contribution in [0.15, 0.2) is 42.9 Å². The number of nitrogens with zero attached hydrogens (tertiary/aromatic N) is 4. The Kier molecular flexibility index (Phi) is 3.76. The first-order chi connectivity index (χ1) is 12.2. The number of methoxy groups -OCH3 is 1. The first-order valence-corrected chi connectivity index (χ1v) is 8.11. The maximum absolute atomic E-state index is 12.2. The fraction of sp³-hybridized carbons (Fsp3) is 0.278. The molecule has 1 unspecified atom stereocenters. The second-order valence-corrected chi connectivity index (χ2v) is 6.17. The van der Waals surface area contributed by atoms with E-state index >= 15 is 0 Å². The minimum Gasteiger partial charge on any atom is -0.496 e. The van der Waals surface area contributed by atoms with Gasteiger partial charge < -0.3 is 10.1 Å². The second-order valence-electron chi connectivity index (χ2n) is 6.17. The number of ether oxygens (including phenoxy) is 1. The molecule has 0 saturated carbocycles. The topological polar surface area (TPSA) is 74.0 Å². The molecular weight excluding hydrogens is 318 g/mol. The van der Waals surface area contributed by atoms with Gasteiger partial charge in [-0.1, -0.05) is 18.2 Å². The third-order valence-electron chi connectivity index (χ3n) is 4.53. The largest absolute Gasteiger partial charge is 0.496 e. The third-order valence-corrected chi connectivity index (χ3v) is 4.53. The Bertz CT molecular complexity index is 927. The van der Waals surface area contributed by atoms with Crippen LogP contribution in [0.4, 0.5) is 5.82 Å². The normalized spacial score (nSPS) is 16.4. The van der Waals surface area contributed by atoms with E-state index in [1.807, 2.05) is 54.6 Å². The van der Waals surface area contributed by atoms with Crippen LogP contribution < -0.4 is 10.1 Å². The Morgan fingerprint density at radius 3 is 2.88 bits per heavy atom. The van der Waals surface area contributed by atoms with Gasteiger partial charge in [0, 0.05) is 36.7 Å². The molecule has 1 N–H and O–H groups in total. The number of carbonyl (C=O) groups excluding carboxylic acids is 1. The number of fused-ring (bicyclic) bond motifs is 1. The molecule has 4 rings (SSSR count). The minimum absolute atomic E-state index is 0.0110. The van der Waals surface area contributed by atoms with Crippen LogP contribution in [0.25, 0.3) is 0 Å². The number of para-hydroxylation sites is 1. The molecule has 128 valence electrons. The summed E-state index contributed by atoms with van der Waals surface area (Å²) in [6.07, 6.45) is 6.00. The van der Waals surface area contributed by atoms with Crippen molar-refractivity contribution in [3.8, 4) is 5.75 Å². The van der Waals surface area contributed by atoms with Crippen LogP contribution in [0, 0.1) is 0 Å². The van der Waals surface area contributed by atoms with Gasteiger partial charge in [0.25, 0.3) is 0 Å². The maximum Gasteiger partial charge on any atom is 0.226 e. The lowest BCUT2D eigenvalue weighted by molar-refractivity contribution is -0.116. The van der Waals surface area contributed by atoms with Crippen LogP contribution >= 0.6 is 0 Å². The fourth-order valence-corrected chi connectivity index (χ4v) is 3.30. The van der Waals surface area contributed by atoms with Gasteiger partial charge in [-0.15, -0.1) is 0 Å². The summed E-state index contributed by atoms with van der Waals surface area (Å²) in [5.74, 6) is 1.51. The van der Waals surface area contributed by atoms with Crippen molar-refractivity contribution in [3.63, 3.8) is 0 Å². The molecule has 25 heavy (non-hydrogen) atoms. The van der Waals surface area contributed by atoms with E-state index in [0.29, 0.717) is 13.0 Å². The molecule has 7 nitrogen and oxygen atoms in total. The molecule has 0 spiro atoms. The van der Waals surface area contributed by atoms with Crippen molar-refractivity contribution < 1.29 is 9.53 Å². The van der Waals surface area contributed by atoms with Gasteiger partial charge in [0.15, 0.2) is 0 Å². The molecule has 0 saturated heterocycles. The number of hydrogen-bond donors (Lipinski definition) is 1. The Labute approximate surface area is 145 Å².